The summed E-state index contributed by atoms with van der Waals surface area (Å²) in [6, 6.07) is 19.5. The van der Waals surface area contributed by atoms with Gasteiger partial charge in [0.1, 0.15) is 0 Å². The fourth-order valence-corrected chi connectivity index (χ4v) is 7.46. The van der Waals surface area contributed by atoms with Gasteiger partial charge in [0.15, 0.2) is 0 Å². The van der Waals surface area contributed by atoms with Crippen molar-refractivity contribution in [1.82, 2.24) is 15.1 Å². The van der Waals surface area contributed by atoms with Gasteiger partial charge in [0.2, 0.25) is 5.91 Å². The van der Waals surface area contributed by atoms with Crippen LogP contribution in [-0.2, 0) is 28.0 Å². The first-order valence-corrected chi connectivity index (χ1v) is 13.5. The molecule has 2 fully saturated rings. The third-order valence-corrected chi connectivity index (χ3v) is 8.90. The number of methoxy groups -OCH3 is 1. The minimum Gasteiger partial charge on any atom is -0.453 e. The monoisotopic (exact) mass is 489 g/mol. The summed E-state index contributed by atoms with van der Waals surface area (Å²) < 4.78 is 5.23. The normalized spacial score (nSPS) is 26.9. The quantitative estimate of drug-likeness (QED) is 0.660. The van der Waals surface area contributed by atoms with Crippen molar-refractivity contribution in [3.05, 3.63) is 71.3 Å². The van der Waals surface area contributed by atoms with Gasteiger partial charge in [0.25, 0.3) is 0 Å². The number of carbonyl (C=O) groups excluding carboxylic acids is 2. The summed E-state index contributed by atoms with van der Waals surface area (Å²) in [5.74, 6) is 0.756. The molecule has 36 heavy (non-hydrogen) atoms. The lowest BCUT2D eigenvalue weighted by Crippen LogP contribution is -2.60. The molecule has 0 bridgehead atoms. The molecule has 2 aliphatic heterocycles. The Morgan fingerprint density at radius 3 is 2.44 bits per heavy atom. The van der Waals surface area contributed by atoms with Crippen molar-refractivity contribution < 1.29 is 14.3 Å². The number of likely N-dealkylation sites (tertiary alicyclic amines) is 1. The van der Waals surface area contributed by atoms with E-state index in [-0.39, 0.29) is 23.5 Å². The van der Waals surface area contributed by atoms with Gasteiger partial charge in [-0.25, -0.2) is 4.79 Å². The minimum absolute atomic E-state index is 0.0358. The van der Waals surface area contributed by atoms with Gasteiger partial charge in [0.05, 0.1) is 7.11 Å². The Labute approximate surface area is 215 Å². The molecule has 3 atom stereocenters. The van der Waals surface area contributed by atoms with Gasteiger partial charge in [-0.3, -0.25) is 9.69 Å². The van der Waals surface area contributed by atoms with Crippen LogP contribution in [0.4, 0.5) is 4.79 Å². The molecule has 1 N–H and O–H groups in total. The molecule has 6 heteroatoms. The molecule has 0 spiro atoms. The molecule has 1 saturated carbocycles. The summed E-state index contributed by atoms with van der Waals surface area (Å²) in [6.45, 7) is 5.91. The van der Waals surface area contributed by atoms with Crippen molar-refractivity contribution >= 4 is 12.0 Å². The summed E-state index contributed by atoms with van der Waals surface area (Å²) in [7, 11) is 1.47. The zero-order valence-corrected chi connectivity index (χ0v) is 21.6. The Morgan fingerprint density at radius 2 is 1.72 bits per heavy atom. The Balaban J connectivity index is 1.50. The lowest BCUT2D eigenvalue weighted by atomic mass is 9.56. The van der Waals surface area contributed by atoms with Crippen molar-refractivity contribution in [1.29, 1.82) is 0 Å². The van der Waals surface area contributed by atoms with Crippen LogP contribution in [0.25, 0.3) is 0 Å². The lowest BCUT2D eigenvalue weighted by molar-refractivity contribution is -0.120. The number of carbonyl (C=O) groups is 2. The Morgan fingerprint density at radius 1 is 1.00 bits per heavy atom. The molecule has 3 aliphatic rings. The number of nitrogens with one attached hydrogen (secondary N) is 1. The summed E-state index contributed by atoms with van der Waals surface area (Å²) >= 11 is 0. The number of piperidine rings is 1. The number of ether oxygens (including phenoxy) is 1. The molecule has 6 nitrogen and oxygen atoms in total. The van der Waals surface area contributed by atoms with Crippen LogP contribution in [0.1, 0.15) is 55.7 Å². The molecule has 1 aliphatic carbocycles. The van der Waals surface area contributed by atoms with Gasteiger partial charge in [0, 0.05) is 38.0 Å². The average Bonchev–Trinajstić information content (AvgIpc) is 3.36. The molecule has 2 heterocycles. The van der Waals surface area contributed by atoms with E-state index in [2.05, 4.69) is 64.8 Å². The Bertz CT molecular complexity index is 1070. The first-order chi connectivity index (χ1) is 17.5. The molecule has 192 valence electrons. The van der Waals surface area contributed by atoms with Gasteiger partial charge in [-0.1, -0.05) is 61.0 Å². The van der Waals surface area contributed by atoms with Crippen LogP contribution in [0.3, 0.4) is 0 Å². The number of nitrogens with zero attached hydrogens (tertiary/aromatic N) is 2. The number of rotatable bonds is 5. The van der Waals surface area contributed by atoms with Gasteiger partial charge >= 0.3 is 6.09 Å². The number of benzene rings is 2. The fourth-order valence-electron chi connectivity index (χ4n) is 7.46. The topological polar surface area (TPSA) is 61.9 Å². The van der Waals surface area contributed by atoms with Crippen molar-refractivity contribution in [2.24, 2.45) is 11.8 Å². The van der Waals surface area contributed by atoms with E-state index in [1.54, 1.807) is 6.92 Å². The highest BCUT2D eigenvalue weighted by atomic mass is 16.5. The second-order valence-electron chi connectivity index (χ2n) is 10.9. The third-order valence-electron chi connectivity index (χ3n) is 8.90. The maximum Gasteiger partial charge on any atom is 0.409 e. The average molecular weight is 490 g/mol. The summed E-state index contributed by atoms with van der Waals surface area (Å²) in [4.78, 5) is 29.6. The highest BCUT2D eigenvalue weighted by Crippen LogP contribution is 2.53. The van der Waals surface area contributed by atoms with E-state index in [9.17, 15) is 9.59 Å². The van der Waals surface area contributed by atoms with Crippen molar-refractivity contribution in [2.45, 2.75) is 63.6 Å². The van der Waals surface area contributed by atoms with E-state index in [1.165, 1.54) is 23.8 Å². The van der Waals surface area contributed by atoms with Crippen LogP contribution in [0.5, 0.6) is 0 Å². The highest BCUT2D eigenvalue weighted by molar-refractivity contribution is 5.73. The summed E-state index contributed by atoms with van der Waals surface area (Å²) in [5, 5.41) is 3.30. The molecule has 0 aromatic heterocycles. The largest absolute Gasteiger partial charge is 0.453 e. The van der Waals surface area contributed by atoms with Crippen molar-refractivity contribution in [3.8, 4) is 0 Å². The van der Waals surface area contributed by atoms with E-state index in [4.69, 9.17) is 4.74 Å². The zero-order chi connectivity index (χ0) is 25.1. The maximum absolute atomic E-state index is 12.9. The standard InChI is InChI=1S/C30H39N3O3/c1-22(34)31-28-14-8-13-27(28)30(21-33(29(35)36-2)20-24-11-6-7-12-26(24)30)25-15-17-32(18-16-25)19-23-9-4-3-5-10-23/h3-7,9-12,25,27-28H,8,13-21H2,1-2H3,(H,31,34)/t27-,28?,30?/m0/s1. The smallest absolute Gasteiger partial charge is 0.409 e. The van der Waals surface area contributed by atoms with Gasteiger partial charge in [-0.2, -0.15) is 0 Å². The molecule has 5 rings (SSSR count). The minimum atomic E-state index is -0.260. The number of amides is 2. The molecular formula is C30H39N3O3. The molecule has 0 radical (unpaired) electrons. The molecule has 2 unspecified atom stereocenters. The van der Waals surface area contributed by atoms with Crippen molar-refractivity contribution in [3.63, 3.8) is 0 Å². The lowest BCUT2D eigenvalue weighted by Gasteiger charge is -2.54. The first-order valence-electron chi connectivity index (χ1n) is 13.5. The predicted molar refractivity (Wildman–Crippen MR) is 140 cm³/mol. The van der Waals surface area contributed by atoms with Crippen LogP contribution in [0.15, 0.2) is 54.6 Å². The Hall–Kier alpha value is -2.86. The van der Waals surface area contributed by atoms with Gasteiger partial charge in [-0.15, -0.1) is 0 Å². The predicted octanol–water partition coefficient (Wildman–Crippen LogP) is 4.72. The fraction of sp³-hybridized carbons (Fsp3) is 0.533. The van der Waals surface area contributed by atoms with Crippen LogP contribution in [0.2, 0.25) is 0 Å². The Kier molecular flexibility index (Phi) is 7.33. The zero-order valence-electron chi connectivity index (χ0n) is 21.6. The SMILES string of the molecule is COC(=O)N1Cc2ccccc2C(C2CCN(Cc3ccccc3)CC2)([C@H]2CCCC2NC(C)=O)C1. The molecule has 2 aromatic carbocycles. The van der Waals surface area contributed by atoms with E-state index in [0.717, 1.165) is 51.7 Å². The molecule has 1 saturated heterocycles. The van der Waals surface area contributed by atoms with Gasteiger partial charge in [-0.05, 0) is 67.3 Å². The third kappa shape index (κ3) is 4.75. The molecule has 2 amide bonds. The van der Waals surface area contributed by atoms with E-state index in [1.807, 2.05) is 4.90 Å². The van der Waals surface area contributed by atoms with Crippen LogP contribution in [-0.4, -0.2) is 54.6 Å². The first kappa shape index (κ1) is 24.8. The number of hydrogen-bond acceptors (Lipinski definition) is 4. The number of fused-ring (bicyclic) bond motifs is 1. The highest BCUT2D eigenvalue weighted by Gasteiger charge is 2.55. The van der Waals surface area contributed by atoms with Crippen LogP contribution in [0, 0.1) is 11.8 Å². The van der Waals surface area contributed by atoms with Crippen LogP contribution >= 0.6 is 0 Å². The van der Waals surface area contributed by atoms with Gasteiger partial charge < -0.3 is 15.0 Å². The summed E-state index contributed by atoms with van der Waals surface area (Å²) in [6.07, 6.45) is 5.07. The molecule has 2 aromatic rings. The maximum atomic E-state index is 12.9. The van der Waals surface area contributed by atoms with E-state index < -0.39 is 0 Å². The molecular weight excluding hydrogens is 450 g/mol. The number of hydrogen-bond donors (Lipinski definition) is 1. The van der Waals surface area contributed by atoms with E-state index >= 15 is 0 Å². The van der Waals surface area contributed by atoms with E-state index in [0.29, 0.717) is 24.9 Å². The summed E-state index contributed by atoms with van der Waals surface area (Å²) in [5.41, 5.74) is 3.75. The van der Waals surface area contributed by atoms with Crippen molar-refractivity contribution in [2.75, 3.05) is 26.7 Å². The second-order valence-corrected chi connectivity index (χ2v) is 10.9. The van der Waals surface area contributed by atoms with Crippen LogP contribution < -0.4 is 5.32 Å². The second kappa shape index (κ2) is 10.6.